The normalized spacial score (nSPS) is 10.5. The predicted molar refractivity (Wildman–Crippen MR) is 80.3 cm³/mol. The maximum atomic E-state index is 12.2. The molecule has 0 aliphatic carbocycles. The Balaban J connectivity index is 1.79. The molecule has 1 amide bonds. The summed E-state index contributed by atoms with van der Waals surface area (Å²) in [5.41, 5.74) is 2.20. The van der Waals surface area contributed by atoms with E-state index in [1.54, 1.807) is 19.4 Å². The average molecular weight is 281 g/mol. The van der Waals surface area contributed by atoms with Crippen molar-refractivity contribution < 1.29 is 9.53 Å². The number of nitrogens with zero attached hydrogens (tertiary/aromatic N) is 1. The van der Waals surface area contributed by atoms with Crippen LogP contribution in [0.3, 0.4) is 0 Å². The highest BCUT2D eigenvalue weighted by Gasteiger charge is 2.11. The van der Waals surface area contributed by atoms with Gasteiger partial charge in [0.1, 0.15) is 11.4 Å². The first-order valence-corrected chi connectivity index (χ1v) is 6.62. The molecule has 0 saturated heterocycles. The van der Waals surface area contributed by atoms with E-state index in [0.29, 0.717) is 12.2 Å². The molecule has 106 valence electrons. The third-order valence-electron chi connectivity index (χ3n) is 3.24. The fourth-order valence-corrected chi connectivity index (χ4v) is 2.20. The number of aromatic amines is 1. The Hall–Kier alpha value is -2.82. The lowest BCUT2D eigenvalue weighted by molar-refractivity contribution is 0.0946. The molecule has 0 saturated carbocycles. The van der Waals surface area contributed by atoms with E-state index in [1.165, 1.54) is 0 Å². The predicted octanol–water partition coefficient (Wildman–Crippen LogP) is 2.50. The molecule has 2 aromatic heterocycles. The number of methoxy groups -OCH3 is 1. The van der Waals surface area contributed by atoms with E-state index in [1.807, 2.05) is 36.4 Å². The first-order chi connectivity index (χ1) is 10.3. The van der Waals surface area contributed by atoms with Gasteiger partial charge in [0.25, 0.3) is 5.91 Å². The lowest BCUT2D eigenvalue weighted by Gasteiger charge is -2.02. The van der Waals surface area contributed by atoms with Crippen molar-refractivity contribution in [3.8, 4) is 5.75 Å². The summed E-state index contributed by atoms with van der Waals surface area (Å²) in [4.78, 5) is 19.4. The van der Waals surface area contributed by atoms with E-state index in [2.05, 4.69) is 15.3 Å². The Morgan fingerprint density at radius 3 is 2.95 bits per heavy atom. The Labute approximate surface area is 122 Å². The number of fused-ring (bicyclic) bond motifs is 1. The topological polar surface area (TPSA) is 67.0 Å². The number of benzene rings is 1. The Morgan fingerprint density at radius 2 is 2.19 bits per heavy atom. The van der Waals surface area contributed by atoms with Gasteiger partial charge in [-0.25, -0.2) is 0 Å². The zero-order valence-corrected chi connectivity index (χ0v) is 11.6. The zero-order valence-electron chi connectivity index (χ0n) is 11.6. The summed E-state index contributed by atoms with van der Waals surface area (Å²) in [7, 11) is 1.61. The molecule has 5 heteroatoms. The SMILES string of the molecule is COc1cccc2[nH]c(C(=O)NCc3ccccn3)cc12. The molecule has 2 heterocycles. The van der Waals surface area contributed by atoms with E-state index < -0.39 is 0 Å². The van der Waals surface area contributed by atoms with Gasteiger partial charge in [0.2, 0.25) is 0 Å². The minimum atomic E-state index is -0.168. The van der Waals surface area contributed by atoms with E-state index >= 15 is 0 Å². The maximum absolute atomic E-state index is 12.2. The van der Waals surface area contributed by atoms with Crippen molar-refractivity contribution >= 4 is 16.8 Å². The molecule has 3 rings (SSSR count). The molecular weight excluding hydrogens is 266 g/mol. The van der Waals surface area contributed by atoms with Gasteiger partial charge in [-0.2, -0.15) is 0 Å². The summed E-state index contributed by atoms with van der Waals surface area (Å²) in [6.45, 7) is 0.395. The lowest BCUT2D eigenvalue weighted by Crippen LogP contribution is -2.23. The minimum absolute atomic E-state index is 0.168. The zero-order chi connectivity index (χ0) is 14.7. The van der Waals surface area contributed by atoms with Gasteiger partial charge >= 0.3 is 0 Å². The number of hydrogen-bond donors (Lipinski definition) is 2. The van der Waals surface area contributed by atoms with E-state index in [0.717, 1.165) is 22.3 Å². The lowest BCUT2D eigenvalue weighted by atomic mass is 10.2. The van der Waals surface area contributed by atoms with Crippen LogP contribution >= 0.6 is 0 Å². The molecule has 3 aromatic rings. The van der Waals surface area contributed by atoms with Crippen LogP contribution in [0.1, 0.15) is 16.2 Å². The third-order valence-corrected chi connectivity index (χ3v) is 3.24. The molecule has 5 nitrogen and oxygen atoms in total. The fraction of sp³-hybridized carbons (Fsp3) is 0.125. The van der Waals surface area contributed by atoms with Crippen LogP contribution in [0.25, 0.3) is 10.9 Å². The Bertz CT molecular complexity index is 766. The van der Waals surface area contributed by atoms with E-state index in [9.17, 15) is 4.79 Å². The molecule has 0 bridgehead atoms. The van der Waals surface area contributed by atoms with E-state index in [-0.39, 0.29) is 5.91 Å². The van der Waals surface area contributed by atoms with Crippen molar-refractivity contribution in [1.29, 1.82) is 0 Å². The van der Waals surface area contributed by atoms with Crippen LogP contribution in [0.15, 0.2) is 48.7 Å². The molecular formula is C16H15N3O2. The van der Waals surface area contributed by atoms with Gasteiger partial charge in [0, 0.05) is 17.1 Å². The van der Waals surface area contributed by atoms with Crippen molar-refractivity contribution in [3.05, 3.63) is 60.0 Å². The highest BCUT2D eigenvalue weighted by atomic mass is 16.5. The molecule has 2 N–H and O–H groups in total. The molecule has 0 fully saturated rings. The summed E-state index contributed by atoms with van der Waals surface area (Å²) < 4.78 is 5.29. The highest BCUT2D eigenvalue weighted by Crippen LogP contribution is 2.25. The number of hydrogen-bond acceptors (Lipinski definition) is 3. The number of amides is 1. The molecule has 0 unspecified atom stereocenters. The molecule has 0 aliphatic rings. The number of carbonyl (C=O) groups excluding carboxylic acids is 1. The van der Waals surface area contributed by atoms with Gasteiger partial charge < -0.3 is 15.0 Å². The van der Waals surface area contributed by atoms with Crippen molar-refractivity contribution in [2.75, 3.05) is 7.11 Å². The smallest absolute Gasteiger partial charge is 0.268 e. The molecule has 1 aromatic carbocycles. The molecule has 0 atom stereocenters. The van der Waals surface area contributed by atoms with Crippen LogP contribution in [-0.4, -0.2) is 23.0 Å². The van der Waals surface area contributed by atoms with Gasteiger partial charge in [0.05, 0.1) is 19.3 Å². The molecule has 21 heavy (non-hydrogen) atoms. The van der Waals surface area contributed by atoms with Gasteiger partial charge in [-0.05, 0) is 30.3 Å². The molecule has 0 aliphatic heterocycles. The van der Waals surface area contributed by atoms with E-state index in [4.69, 9.17) is 4.74 Å². The van der Waals surface area contributed by atoms with Crippen LogP contribution < -0.4 is 10.1 Å². The first-order valence-electron chi connectivity index (χ1n) is 6.62. The maximum Gasteiger partial charge on any atom is 0.268 e. The molecule has 0 spiro atoms. The minimum Gasteiger partial charge on any atom is -0.496 e. The fourth-order valence-electron chi connectivity index (χ4n) is 2.20. The van der Waals surface area contributed by atoms with Crippen molar-refractivity contribution in [2.24, 2.45) is 0 Å². The number of H-pyrrole nitrogens is 1. The van der Waals surface area contributed by atoms with Gasteiger partial charge in [-0.3, -0.25) is 9.78 Å². The third kappa shape index (κ3) is 2.72. The van der Waals surface area contributed by atoms with Crippen LogP contribution in [0.4, 0.5) is 0 Å². The number of ether oxygens (including phenoxy) is 1. The second kappa shape index (κ2) is 5.66. The number of aromatic nitrogens is 2. The van der Waals surface area contributed by atoms with Crippen molar-refractivity contribution in [1.82, 2.24) is 15.3 Å². The van der Waals surface area contributed by atoms with Crippen LogP contribution in [0.5, 0.6) is 5.75 Å². The second-order valence-corrected chi connectivity index (χ2v) is 4.61. The van der Waals surface area contributed by atoms with Gasteiger partial charge in [-0.15, -0.1) is 0 Å². The number of carbonyl (C=O) groups is 1. The summed E-state index contributed by atoms with van der Waals surface area (Å²) in [6.07, 6.45) is 1.70. The first kappa shape index (κ1) is 13.2. The van der Waals surface area contributed by atoms with Crippen LogP contribution in [0.2, 0.25) is 0 Å². The largest absolute Gasteiger partial charge is 0.496 e. The second-order valence-electron chi connectivity index (χ2n) is 4.61. The monoisotopic (exact) mass is 281 g/mol. The van der Waals surface area contributed by atoms with Crippen molar-refractivity contribution in [2.45, 2.75) is 6.54 Å². The Morgan fingerprint density at radius 1 is 1.29 bits per heavy atom. The van der Waals surface area contributed by atoms with Gasteiger partial charge in [-0.1, -0.05) is 12.1 Å². The standard InChI is InChI=1S/C16H15N3O2/c1-21-15-7-4-6-13-12(15)9-14(19-13)16(20)18-10-11-5-2-3-8-17-11/h2-9,19H,10H2,1H3,(H,18,20). The summed E-state index contributed by atoms with van der Waals surface area (Å²) in [5.74, 6) is 0.575. The van der Waals surface area contributed by atoms with Crippen molar-refractivity contribution in [3.63, 3.8) is 0 Å². The highest BCUT2D eigenvalue weighted by molar-refractivity contribution is 5.99. The summed E-state index contributed by atoms with van der Waals surface area (Å²) in [6, 6.07) is 13.1. The number of nitrogens with one attached hydrogen (secondary N) is 2. The van der Waals surface area contributed by atoms with Crippen LogP contribution in [-0.2, 0) is 6.54 Å². The molecule has 0 radical (unpaired) electrons. The summed E-state index contributed by atoms with van der Waals surface area (Å²) >= 11 is 0. The van der Waals surface area contributed by atoms with Gasteiger partial charge in [0.15, 0.2) is 0 Å². The summed E-state index contributed by atoms with van der Waals surface area (Å²) in [5, 5.41) is 3.73. The average Bonchev–Trinajstić information content (AvgIpc) is 2.97. The number of rotatable bonds is 4. The number of pyridine rings is 1. The quantitative estimate of drug-likeness (QED) is 0.772. The Kier molecular flexibility index (Phi) is 3.55. The van der Waals surface area contributed by atoms with Crippen LogP contribution in [0, 0.1) is 0 Å².